The molecule has 2 unspecified atom stereocenters. The van der Waals surface area contributed by atoms with Gasteiger partial charge in [-0.25, -0.2) is 0 Å². The van der Waals surface area contributed by atoms with Gasteiger partial charge in [0.25, 0.3) is 0 Å². The van der Waals surface area contributed by atoms with Crippen LogP contribution in [0.15, 0.2) is 217 Å². The molecule has 0 fully saturated rings. The summed E-state index contributed by atoms with van der Waals surface area (Å²) in [4.78, 5) is 5.40. The van der Waals surface area contributed by atoms with Crippen molar-refractivity contribution in [3.05, 3.63) is 246 Å². The van der Waals surface area contributed by atoms with E-state index in [0.717, 1.165) is 39.5 Å². The number of benzene rings is 8. The fourth-order valence-corrected chi connectivity index (χ4v) is 8.18. The number of aliphatic imine (C=N–C) groups is 1. The molecule has 3 nitrogen and oxygen atoms in total. The minimum atomic E-state index is -0.166. The van der Waals surface area contributed by atoms with Crippen LogP contribution < -0.4 is 10.6 Å². The third-order valence-electron chi connectivity index (χ3n) is 10.9. The molecule has 10 rings (SSSR count). The molecule has 0 amide bonds. The van der Waals surface area contributed by atoms with Crippen LogP contribution in [0, 0.1) is 0 Å². The zero-order valence-corrected chi connectivity index (χ0v) is 30.8. The highest BCUT2D eigenvalue weighted by molar-refractivity contribution is 6.11. The summed E-state index contributed by atoms with van der Waals surface area (Å²) in [5.74, 6) is 0.849. The molecule has 0 radical (unpaired) electrons. The normalized spacial score (nSPS) is 16.1. The van der Waals surface area contributed by atoms with Gasteiger partial charge < -0.3 is 10.6 Å². The van der Waals surface area contributed by atoms with E-state index in [9.17, 15) is 0 Å². The van der Waals surface area contributed by atoms with Crippen LogP contribution in [0.3, 0.4) is 0 Å². The molecule has 2 heterocycles. The van der Waals surface area contributed by atoms with Crippen molar-refractivity contribution in [2.75, 3.05) is 5.32 Å². The molecule has 0 aromatic heterocycles. The fourth-order valence-electron chi connectivity index (χ4n) is 8.18. The van der Waals surface area contributed by atoms with E-state index >= 15 is 0 Å². The van der Waals surface area contributed by atoms with Crippen LogP contribution >= 0.6 is 0 Å². The third kappa shape index (κ3) is 6.40. The number of nitrogens with one attached hydrogen (secondary N) is 2. The van der Waals surface area contributed by atoms with Crippen molar-refractivity contribution in [3.63, 3.8) is 0 Å². The molecule has 2 N–H and O–H groups in total. The predicted molar refractivity (Wildman–Crippen MR) is 234 cm³/mol. The fraction of sp³-hybridized carbons (Fsp3) is 0.0377. The second kappa shape index (κ2) is 14.5. The number of nitrogens with zero attached hydrogens (tertiary/aromatic N) is 1. The van der Waals surface area contributed by atoms with Gasteiger partial charge in [-0.3, -0.25) is 4.99 Å². The molecule has 2 aliphatic heterocycles. The highest BCUT2D eigenvalue weighted by atomic mass is 15.0. The second-order valence-electron chi connectivity index (χ2n) is 14.4. The van der Waals surface area contributed by atoms with Crippen LogP contribution in [-0.2, 0) is 0 Å². The summed E-state index contributed by atoms with van der Waals surface area (Å²) in [6.07, 6.45) is 4.63. The number of hydrogen-bond acceptors (Lipinski definition) is 3. The Labute approximate surface area is 328 Å². The zero-order valence-electron chi connectivity index (χ0n) is 30.8. The average molecular weight is 718 g/mol. The number of amidine groups is 1. The predicted octanol–water partition coefficient (Wildman–Crippen LogP) is 12.9. The lowest BCUT2D eigenvalue weighted by Gasteiger charge is -2.29. The summed E-state index contributed by atoms with van der Waals surface area (Å²) in [5, 5.41) is 10.1. The van der Waals surface area contributed by atoms with Crippen LogP contribution in [0.4, 0.5) is 5.69 Å². The lowest BCUT2D eigenvalue weighted by molar-refractivity contribution is 0.881. The smallest absolute Gasteiger partial charge is 0.133 e. The van der Waals surface area contributed by atoms with Gasteiger partial charge in [-0.2, -0.15) is 0 Å². The quantitative estimate of drug-likeness (QED) is 0.172. The Bertz CT molecular complexity index is 2790. The molecule has 8 aromatic carbocycles. The molecule has 266 valence electrons. The highest BCUT2D eigenvalue weighted by Crippen LogP contribution is 2.46. The third-order valence-corrected chi connectivity index (χ3v) is 10.9. The summed E-state index contributed by atoms with van der Waals surface area (Å²) < 4.78 is 0. The number of anilines is 1. The van der Waals surface area contributed by atoms with Gasteiger partial charge in [0.2, 0.25) is 0 Å². The molecule has 0 saturated carbocycles. The Morgan fingerprint density at radius 3 is 1.73 bits per heavy atom. The average Bonchev–Trinajstić information content (AvgIpc) is 3.29. The van der Waals surface area contributed by atoms with E-state index in [4.69, 9.17) is 4.99 Å². The van der Waals surface area contributed by atoms with Gasteiger partial charge in [0.1, 0.15) is 5.84 Å². The summed E-state index contributed by atoms with van der Waals surface area (Å²) in [6.45, 7) is 0. The van der Waals surface area contributed by atoms with Crippen molar-refractivity contribution in [1.29, 1.82) is 0 Å². The van der Waals surface area contributed by atoms with Gasteiger partial charge in [-0.05, 0) is 91.2 Å². The van der Waals surface area contributed by atoms with E-state index in [1.807, 2.05) is 0 Å². The van der Waals surface area contributed by atoms with E-state index in [1.54, 1.807) is 0 Å². The van der Waals surface area contributed by atoms with Crippen LogP contribution in [0.5, 0.6) is 0 Å². The van der Waals surface area contributed by atoms with Crippen LogP contribution in [0.1, 0.15) is 45.5 Å². The Balaban J connectivity index is 1.09. The Kier molecular flexibility index (Phi) is 8.66. The maximum atomic E-state index is 5.40. The van der Waals surface area contributed by atoms with Crippen molar-refractivity contribution in [2.24, 2.45) is 4.99 Å². The lowest BCUT2D eigenvalue weighted by atomic mass is 9.84. The topological polar surface area (TPSA) is 36.4 Å². The second-order valence-corrected chi connectivity index (χ2v) is 14.4. The molecule has 0 aliphatic carbocycles. The van der Waals surface area contributed by atoms with Gasteiger partial charge in [-0.1, -0.05) is 182 Å². The molecular weight excluding hydrogens is 679 g/mol. The molecule has 0 saturated heterocycles. The van der Waals surface area contributed by atoms with Gasteiger partial charge in [-0.15, -0.1) is 0 Å². The van der Waals surface area contributed by atoms with E-state index in [-0.39, 0.29) is 12.1 Å². The Hall–Kier alpha value is -7.23. The van der Waals surface area contributed by atoms with E-state index in [2.05, 4.69) is 223 Å². The Morgan fingerprint density at radius 2 is 0.982 bits per heavy atom. The molecule has 2 aliphatic rings. The van der Waals surface area contributed by atoms with Crippen molar-refractivity contribution in [2.45, 2.75) is 12.1 Å². The maximum absolute atomic E-state index is 5.40. The first-order chi connectivity index (χ1) is 27.7. The van der Waals surface area contributed by atoms with Gasteiger partial charge in [0.05, 0.1) is 12.1 Å². The number of fused-ring (bicyclic) bond motifs is 3. The minimum Gasteiger partial charge on any atom is -0.374 e. The van der Waals surface area contributed by atoms with E-state index in [1.165, 1.54) is 49.7 Å². The van der Waals surface area contributed by atoms with Gasteiger partial charge >= 0.3 is 0 Å². The monoisotopic (exact) mass is 717 g/mol. The molecule has 8 aromatic rings. The molecule has 56 heavy (non-hydrogen) atoms. The van der Waals surface area contributed by atoms with Gasteiger partial charge in [0, 0.05) is 22.5 Å². The largest absolute Gasteiger partial charge is 0.374 e. The maximum Gasteiger partial charge on any atom is 0.133 e. The standard InChI is InChI=1S/C53H39N3/c1-5-17-36(18-6-1)40-25-15-27-42(31-40)50-35-49(39-23-11-4-12-24-39)55-53(56-50)43-28-16-26-41(32-43)46-33-51-52(45-30-14-13-29-44(45)46)47(37-19-7-2-8-20-37)34-48(54-51)38-21-9-3-10-22-38/h1-35,48,50,54H,(H,55,56). The van der Waals surface area contributed by atoms with E-state index < -0.39 is 0 Å². The zero-order chi connectivity index (χ0) is 37.3. The molecule has 0 bridgehead atoms. The Morgan fingerprint density at radius 1 is 0.411 bits per heavy atom. The highest BCUT2D eigenvalue weighted by Gasteiger charge is 2.26. The van der Waals surface area contributed by atoms with Crippen molar-refractivity contribution >= 4 is 33.6 Å². The SMILES string of the molecule is C1=C(c2ccccc2)NC(c2cccc(-c3cc4c(c5ccccc35)C(c3ccccc3)=CC(c3ccccc3)N4)c2)=NC1c1cccc(-c2ccccc2)c1. The summed E-state index contributed by atoms with van der Waals surface area (Å²) >= 11 is 0. The van der Waals surface area contributed by atoms with E-state index in [0.29, 0.717) is 0 Å². The summed E-state index contributed by atoms with van der Waals surface area (Å²) in [6, 6.07) is 71.2. The van der Waals surface area contributed by atoms with Crippen molar-refractivity contribution < 1.29 is 0 Å². The van der Waals surface area contributed by atoms with Crippen molar-refractivity contribution in [3.8, 4) is 22.3 Å². The van der Waals surface area contributed by atoms with Crippen LogP contribution in [0.25, 0.3) is 44.3 Å². The first-order valence-corrected chi connectivity index (χ1v) is 19.3. The van der Waals surface area contributed by atoms with Crippen LogP contribution in [-0.4, -0.2) is 5.84 Å². The molecule has 2 atom stereocenters. The number of rotatable bonds is 7. The minimum absolute atomic E-state index is 0.0283. The lowest BCUT2D eigenvalue weighted by Crippen LogP contribution is -2.27. The number of hydrogen-bond donors (Lipinski definition) is 2. The molecule has 0 spiro atoms. The van der Waals surface area contributed by atoms with Crippen LogP contribution in [0.2, 0.25) is 0 Å². The molecular formula is C53H39N3. The van der Waals surface area contributed by atoms with Gasteiger partial charge in [0.15, 0.2) is 0 Å². The summed E-state index contributed by atoms with van der Waals surface area (Å²) in [7, 11) is 0. The van der Waals surface area contributed by atoms with Crippen molar-refractivity contribution in [1.82, 2.24) is 5.32 Å². The first-order valence-electron chi connectivity index (χ1n) is 19.3. The molecule has 3 heteroatoms. The summed E-state index contributed by atoms with van der Waals surface area (Å²) in [5.41, 5.74) is 15.1. The first kappa shape index (κ1) is 33.3.